The number of nitrogen functional groups attached to an aromatic ring is 1. The summed E-state index contributed by atoms with van der Waals surface area (Å²) in [6.45, 7) is 2.94. The first kappa shape index (κ1) is 13.5. The van der Waals surface area contributed by atoms with E-state index in [1.54, 1.807) is 6.07 Å². The maximum Gasteiger partial charge on any atom is 0.222 e. The molecule has 1 aromatic rings. The SMILES string of the molecule is CCCOc1cc(NC2CNC(=O)C2)c(N)cc1F. The topological polar surface area (TPSA) is 76.4 Å². The van der Waals surface area contributed by atoms with Crippen molar-refractivity contribution >= 4 is 17.3 Å². The summed E-state index contributed by atoms with van der Waals surface area (Å²) >= 11 is 0. The summed E-state index contributed by atoms with van der Waals surface area (Å²) in [7, 11) is 0. The molecular formula is C13H18FN3O2. The Labute approximate surface area is 111 Å². The van der Waals surface area contributed by atoms with Crippen LogP contribution in [-0.2, 0) is 4.79 Å². The zero-order valence-corrected chi connectivity index (χ0v) is 10.8. The Hall–Kier alpha value is -1.98. The Morgan fingerprint density at radius 3 is 3.00 bits per heavy atom. The fourth-order valence-corrected chi connectivity index (χ4v) is 1.94. The Balaban J connectivity index is 2.12. The largest absolute Gasteiger partial charge is 0.490 e. The van der Waals surface area contributed by atoms with E-state index in [0.717, 1.165) is 6.42 Å². The number of ether oxygens (including phenoxy) is 1. The molecule has 0 spiro atoms. The van der Waals surface area contributed by atoms with E-state index in [4.69, 9.17) is 10.5 Å². The predicted molar refractivity (Wildman–Crippen MR) is 71.6 cm³/mol. The summed E-state index contributed by atoms with van der Waals surface area (Å²) in [6, 6.07) is 2.75. The molecule has 0 aliphatic carbocycles. The van der Waals surface area contributed by atoms with Crippen molar-refractivity contribution in [2.24, 2.45) is 0 Å². The lowest BCUT2D eigenvalue weighted by molar-refractivity contribution is -0.119. The highest BCUT2D eigenvalue weighted by Gasteiger charge is 2.22. The minimum absolute atomic E-state index is 0.000592. The second-order valence-electron chi connectivity index (χ2n) is 4.57. The molecule has 1 fully saturated rings. The molecule has 5 nitrogen and oxygen atoms in total. The molecule has 1 saturated heterocycles. The van der Waals surface area contributed by atoms with Crippen molar-refractivity contribution in [1.82, 2.24) is 5.32 Å². The van der Waals surface area contributed by atoms with Gasteiger partial charge in [-0.1, -0.05) is 6.92 Å². The van der Waals surface area contributed by atoms with Gasteiger partial charge in [-0.15, -0.1) is 0 Å². The monoisotopic (exact) mass is 267 g/mol. The first-order valence-corrected chi connectivity index (χ1v) is 6.35. The maximum absolute atomic E-state index is 13.6. The Kier molecular flexibility index (Phi) is 4.09. The molecule has 2 rings (SSSR count). The minimum Gasteiger partial charge on any atom is -0.490 e. The van der Waals surface area contributed by atoms with Gasteiger partial charge in [-0.25, -0.2) is 4.39 Å². The summed E-state index contributed by atoms with van der Waals surface area (Å²) in [4.78, 5) is 11.1. The van der Waals surface area contributed by atoms with E-state index in [0.29, 0.717) is 30.9 Å². The van der Waals surface area contributed by atoms with Crippen LogP contribution >= 0.6 is 0 Å². The molecule has 1 aromatic carbocycles. The third kappa shape index (κ3) is 3.27. The van der Waals surface area contributed by atoms with Crippen molar-refractivity contribution in [1.29, 1.82) is 0 Å². The standard InChI is InChI=1S/C13H18FN3O2/c1-2-3-19-12-6-11(10(15)5-9(12)14)17-8-4-13(18)16-7-8/h5-6,8,17H,2-4,7,15H2,1H3,(H,16,18). The summed E-state index contributed by atoms with van der Waals surface area (Å²) < 4.78 is 18.9. The number of hydrogen-bond acceptors (Lipinski definition) is 4. The molecule has 1 unspecified atom stereocenters. The van der Waals surface area contributed by atoms with Crippen LogP contribution in [0.3, 0.4) is 0 Å². The summed E-state index contributed by atoms with van der Waals surface area (Å²) in [5, 5.41) is 5.85. The van der Waals surface area contributed by atoms with Gasteiger partial charge < -0.3 is 21.1 Å². The molecule has 1 aliphatic rings. The van der Waals surface area contributed by atoms with Crippen molar-refractivity contribution in [3.8, 4) is 5.75 Å². The highest BCUT2D eigenvalue weighted by atomic mass is 19.1. The van der Waals surface area contributed by atoms with Crippen molar-refractivity contribution in [3.05, 3.63) is 17.9 Å². The van der Waals surface area contributed by atoms with E-state index in [1.165, 1.54) is 6.07 Å². The molecule has 0 radical (unpaired) electrons. The second-order valence-corrected chi connectivity index (χ2v) is 4.57. The molecule has 104 valence electrons. The average molecular weight is 267 g/mol. The zero-order chi connectivity index (χ0) is 13.8. The van der Waals surface area contributed by atoms with Gasteiger partial charge in [0.25, 0.3) is 0 Å². The molecule has 1 heterocycles. The highest BCUT2D eigenvalue weighted by molar-refractivity contribution is 5.80. The Morgan fingerprint density at radius 2 is 2.37 bits per heavy atom. The first-order chi connectivity index (χ1) is 9.10. The Morgan fingerprint density at radius 1 is 1.58 bits per heavy atom. The molecule has 19 heavy (non-hydrogen) atoms. The van der Waals surface area contributed by atoms with Crippen LogP contribution in [0.5, 0.6) is 5.75 Å². The molecule has 0 saturated carbocycles. The predicted octanol–water partition coefficient (Wildman–Crippen LogP) is 1.50. The number of nitrogens with one attached hydrogen (secondary N) is 2. The molecule has 0 aromatic heterocycles. The van der Waals surface area contributed by atoms with E-state index in [9.17, 15) is 9.18 Å². The van der Waals surface area contributed by atoms with Gasteiger partial charge in [0.2, 0.25) is 5.91 Å². The van der Waals surface area contributed by atoms with E-state index in [2.05, 4.69) is 10.6 Å². The van der Waals surface area contributed by atoms with Crippen LogP contribution in [0, 0.1) is 5.82 Å². The van der Waals surface area contributed by atoms with Crippen LogP contribution in [0.15, 0.2) is 12.1 Å². The van der Waals surface area contributed by atoms with Gasteiger partial charge in [-0.05, 0) is 6.42 Å². The fourth-order valence-electron chi connectivity index (χ4n) is 1.94. The van der Waals surface area contributed by atoms with Gasteiger partial charge >= 0.3 is 0 Å². The second kappa shape index (κ2) is 5.77. The fraction of sp³-hybridized carbons (Fsp3) is 0.462. The van der Waals surface area contributed by atoms with Gasteiger partial charge in [0.15, 0.2) is 11.6 Å². The number of amides is 1. The van der Waals surface area contributed by atoms with Crippen molar-refractivity contribution < 1.29 is 13.9 Å². The van der Waals surface area contributed by atoms with Crippen LogP contribution in [-0.4, -0.2) is 25.1 Å². The van der Waals surface area contributed by atoms with Crippen LogP contribution in [0.25, 0.3) is 0 Å². The third-order valence-corrected chi connectivity index (χ3v) is 2.90. The minimum atomic E-state index is -0.475. The van der Waals surface area contributed by atoms with Crippen molar-refractivity contribution in [2.45, 2.75) is 25.8 Å². The number of nitrogens with two attached hydrogens (primary N) is 1. The smallest absolute Gasteiger partial charge is 0.222 e. The van der Waals surface area contributed by atoms with E-state index < -0.39 is 5.82 Å². The van der Waals surface area contributed by atoms with Gasteiger partial charge in [0, 0.05) is 25.1 Å². The van der Waals surface area contributed by atoms with Crippen LogP contribution < -0.4 is 21.1 Å². The van der Waals surface area contributed by atoms with Gasteiger partial charge in [0.1, 0.15) is 0 Å². The lowest BCUT2D eigenvalue weighted by Crippen LogP contribution is -2.23. The molecule has 6 heteroatoms. The average Bonchev–Trinajstić information content (AvgIpc) is 2.77. The number of hydrogen-bond donors (Lipinski definition) is 3. The van der Waals surface area contributed by atoms with Gasteiger partial charge in [-0.2, -0.15) is 0 Å². The summed E-state index contributed by atoms with van der Waals surface area (Å²) in [5.41, 5.74) is 6.67. The number of anilines is 2. The zero-order valence-electron chi connectivity index (χ0n) is 10.8. The quantitative estimate of drug-likeness (QED) is 0.707. The van der Waals surface area contributed by atoms with E-state index in [-0.39, 0.29) is 17.7 Å². The molecular weight excluding hydrogens is 249 g/mol. The molecule has 1 aliphatic heterocycles. The number of carbonyl (C=O) groups excluding carboxylic acids is 1. The van der Waals surface area contributed by atoms with E-state index in [1.807, 2.05) is 6.92 Å². The highest BCUT2D eigenvalue weighted by Crippen LogP contribution is 2.29. The Bertz CT molecular complexity index is 479. The van der Waals surface area contributed by atoms with Crippen molar-refractivity contribution in [2.75, 3.05) is 24.2 Å². The normalized spacial score (nSPS) is 18.2. The van der Waals surface area contributed by atoms with Crippen LogP contribution in [0.2, 0.25) is 0 Å². The number of rotatable bonds is 5. The number of carbonyl (C=O) groups is 1. The molecule has 1 atom stereocenters. The first-order valence-electron chi connectivity index (χ1n) is 6.35. The molecule has 4 N–H and O–H groups in total. The van der Waals surface area contributed by atoms with E-state index >= 15 is 0 Å². The lowest BCUT2D eigenvalue weighted by Gasteiger charge is -2.16. The van der Waals surface area contributed by atoms with Gasteiger partial charge in [0.05, 0.1) is 24.0 Å². The lowest BCUT2D eigenvalue weighted by atomic mass is 10.2. The maximum atomic E-state index is 13.6. The summed E-state index contributed by atoms with van der Waals surface area (Å²) in [6.07, 6.45) is 1.19. The number of benzene rings is 1. The molecule has 1 amide bonds. The van der Waals surface area contributed by atoms with Crippen LogP contribution in [0.1, 0.15) is 19.8 Å². The summed E-state index contributed by atoms with van der Waals surface area (Å²) in [5.74, 6) is -0.298. The molecule has 0 bridgehead atoms. The van der Waals surface area contributed by atoms with Crippen LogP contribution in [0.4, 0.5) is 15.8 Å². The number of halogens is 1. The third-order valence-electron chi connectivity index (χ3n) is 2.90. The van der Waals surface area contributed by atoms with Gasteiger partial charge in [-0.3, -0.25) is 4.79 Å². The van der Waals surface area contributed by atoms with Crippen molar-refractivity contribution in [3.63, 3.8) is 0 Å².